The van der Waals surface area contributed by atoms with Gasteiger partial charge >= 0.3 is 0 Å². The van der Waals surface area contributed by atoms with Gasteiger partial charge in [-0.1, -0.05) is 41.6 Å². The Morgan fingerprint density at radius 1 is 1.12 bits per heavy atom. The molecule has 3 rings (SSSR count). The summed E-state index contributed by atoms with van der Waals surface area (Å²) in [5.74, 6) is -0.0368. The number of hydrogen-bond donors (Lipinski definition) is 0. The number of likely N-dealkylation sites (tertiary alicyclic amines) is 1. The van der Waals surface area contributed by atoms with E-state index in [0.29, 0.717) is 20.4 Å². The lowest BCUT2D eigenvalue weighted by atomic mass is 10.2. The highest BCUT2D eigenvalue weighted by molar-refractivity contribution is 7.99. The fraction of sp³-hybridized carbons (Fsp3) is 0.235. The van der Waals surface area contributed by atoms with Gasteiger partial charge in [0.2, 0.25) is 0 Å². The largest absolute Gasteiger partial charge is 0.339 e. The molecule has 0 saturated carbocycles. The lowest BCUT2D eigenvalue weighted by Gasteiger charge is -2.17. The van der Waals surface area contributed by atoms with Crippen molar-refractivity contribution in [3.05, 3.63) is 63.2 Å². The Morgan fingerprint density at radius 3 is 2.54 bits per heavy atom. The van der Waals surface area contributed by atoms with E-state index in [1.165, 1.54) is 6.07 Å². The van der Waals surface area contributed by atoms with Gasteiger partial charge in [0.25, 0.3) is 11.6 Å². The summed E-state index contributed by atoms with van der Waals surface area (Å²) in [4.78, 5) is 26.3. The molecule has 1 aliphatic heterocycles. The Hall–Kier alpha value is -2.05. The predicted octanol–water partition coefficient (Wildman–Crippen LogP) is 4.64. The number of hydrogen-bond acceptors (Lipinski definition) is 4. The fourth-order valence-electron chi connectivity index (χ4n) is 2.68. The van der Waals surface area contributed by atoms with Gasteiger partial charge in [-0.2, -0.15) is 0 Å². The van der Waals surface area contributed by atoms with Crippen molar-refractivity contribution in [2.75, 3.05) is 13.1 Å². The van der Waals surface area contributed by atoms with Crippen LogP contribution in [0.1, 0.15) is 23.2 Å². The summed E-state index contributed by atoms with van der Waals surface area (Å²) in [5.41, 5.74) is 0.495. The van der Waals surface area contributed by atoms with Crippen molar-refractivity contribution in [3.63, 3.8) is 0 Å². The highest BCUT2D eigenvalue weighted by atomic mass is 35.5. The van der Waals surface area contributed by atoms with Crippen LogP contribution in [0.4, 0.5) is 5.69 Å². The van der Waals surface area contributed by atoms with E-state index in [-0.39, 0.29) is 11.6 Å². The molecule has 0 atom stereocenters. The van der Waals surface area contributed by atoms with Gasteiger partial charge in [0.05, 0.1) is 15.5 Å². The summed E-state index contributed by atoms with van der Waals surface area (Å²) in [6.45, 7) is 1.51. The second-order valence-electron chi connectivity index (χ2n) is 5.44. The number of halogens is 1. The maximum atomic E-state index is 12.7. The first-order valence-electron chi connectivity index (χ1n) is 7.57. The highest BCUT2D eigenvalue weighted by Crippen LogP contribution is 2.41. The van der Waals surface area contributed by atoms with Gasteiger partial charge in [0.1, 0.15) is 4.90 Å². The number of rotatable bonds is 4. The smallest absolute Gasteiger partial charge is 0.284 e. The van der Waals surface area contributed by atoms with Crippen molar-refractivity contribution in [2.45, 2.75) is 22.6 Å². The SMILES string of the molecule is O=C(c1ccccc1Sc1c(Cl)cccc1[N+](=O)[O-])N1CCCC1. The van der Waals surface area contributed by atoms with Crippen LogP contribution in [-0.2, 0) is 0 Å². The zero-order valence-corrected chi connectivity index (χ0v) is 14.3. The van der Waals surface area contributed by atoms with Gasteiger partial charge in [-0.15, -0.1) is 0 Å². The van der Waals surface area contributed by atoms with Crippen LogP contribution in [-0.4, -0.2) is 28.8 Å². The number of nitrogens with zero attached hydrogens (tertiary/aromatic N) is 2. The van der Waals surface area contributed by atoms with E-state index in [2.05, 4.69) is 0 Å². The number of carbonyl (C=O) groups excluding carboxylic acids is 1. The molecule has 1 aliphatic rings. The van der Waals surface area contributed by atoms with Crippen molar-refractivity contribution in [1.29, 1.82) is 0 Å². The monoisotopic (exact) mass is 362 g/mol. The lowest BCUT2D eigenvalue weighted by molar-refractivity contribution is -0.387. The standard InChI is InChI=1S/C17H15ClN2O3S/c18-13-7-5-8-14(20(22)23)16(13)24-15-9-2-1-6-12(15)17(21)19-10-3-4-11-19/h1-2,5-9H,3-4,10-11H2. The average molecular weight is 363 g/mol. The summed E-state index contributed by atoms with van der Waals surface area (Å²) in [5, 5.41) is 11.6. The van der Waals surface area contributed by atoms with Crippen molar-refractivity contribution >= 4 is 35.0 Å². The number of nitro groups is 1. The quantitative estimate of drug-likeness (QED) is 0.587. The Kier molecular flexibility index (Phi) is 5.06. The Labute approximate surface area is 148 Å². The Morgan fingerprint density at radius 2 is 1.83 bits per heavy atom. The van der Waals surface area contributed by atoms with Gasteiger partial charge in [0, 0.05) is 24.1 Å². The molecule has 1 amide bonds. The van der Waals surface area contributed by atoms with Crippen LogP contribution < -0.4 is 0 Å². The number of carbonyl (C=O) groups is 1. The third kappa shape index (κ3) is 3.39. The number of nitro benzene ring substituents is 1. The molecule has 0 radical (unpaired) electrons. The minimum absolute atomic E-state index is 0.0368. The maximum Gasteiger partial charge on any atom is 0.284 e. The number of amides is 1. The normalized spacial score (nSPS) is 14.0. The van der Waals surface area contributed by atoms with Crippen LogP contribution in [0.5, 0.6) is 0 Å². The summed E-state index contributed by atoms with van der Waals surface area (Å²) in [7, 11) is 0. The topological polar surface area (TPSA) is 63.4 Å². The third-order valence-corrected chi connectivity index (χ3v) is 5.50. The third-order valence-electron chi connectivity index (χ3n) is 3.87. The van der Waals surface area contributed by atoms with E-state index < -0.39 is 4.92 Å². The molecule has 1 heterocycles. The molecule has 1 fully saturated rings. The molecule has 124 valence electrons. The van der Waals surface area contributed by atoms with E-state index in [1.54, 1.807) is 30.3 Å². The number of benzene rings is 2. The molecule has 7 heteroatoms. The van der Waals surface area contributed by atoms with Gasteiger partial charge in [-0.3, -0.25) is 14.9 Å². The minimum atomic E-state index is -0.459. The van der Waals surface area contributed by atoms with Crippen LogP contribution in [0.25, 0.3) is 0 Å². The Bertz CT molecular complexity index is 791. The van der Waals surface area contributed by atoms with E-state index in [1.807, 2.05) is 11.0 Å². The highest BCUT2D eigenvalue weighted by Gasteiger charge is 2.24. The minimum Gasteiger partial charge on any atom is -0.339 e. The molecule has 2 aromatic rings. The van der Waals surface area contributed by atoms with Gasteiger partial charge in [-0.05, 0) is 31.0 Å². The first-order valence-corrected chi connectivity index (χ1v) is 8.76. The average Bonchev–Trinajstić information content (AvgIpc) is 3.11. The van der Waals surface area contributed by atoms with Crippen LogP contribution in [0, 0.1) is 10.1 Å². The van der Waals surface area contributed by atoms with Gasteiger partial charge in [-0.25, -0.2) is 0 Å². The molecule has 1 saturated heterocycles. The second-order valence-corrected chi connectivity index (χ2v) is 6.90. The van der Waals surface area contributed by atoms with E-state index in [0.717, 1.165) is 37.7 Å². The molecule has 2 aromatic carbocycles. The maximum absolute atomic E-state index is 12.7. The molecular weight excluding hydrogens is 348 g/mol. The van der Waals surface area contributed by atoms with Crippen LogP contribution in [0.3, 0.4) is 0 Å². The zero-order valence-electron chi connectivity index (χ0n) is 12.8. The van der Waals surface area contributed by atoms with Crippen molar-refractivity contribution in [1.82, 2.24) is 4.90 Å². The van der Waals surface area contributed by atoms with Gasteiger partial charge in [0.15, 0.2) is 0 Å². The fourth-order valence-corrected chi connectivity index (χ4v) is 4.00. The van der Waals surface area contributed by atoms with E-state index >= 15 is 0 Å². The molecule has 0 spiro atoms. The lowest BCUT2D eigenvalue weighted by Crippen LogP contribution is -2.28. The molecule has 0 N–H and O–H groups in total. The summed E-state index contributed by atoms with van der Waals surface area (Å²) < 4.78 is 0. The van der Waals surface area contributed by atoms with E-state index in [9.17, 15) is 14.9 Å². The Balaban J connectivity index is 1.97. The molecule has 24 heavy (non-hydrogen) atoms. The first kappa shape index (κ1) is 16.8. The van der Waals surface area contributed by atoms with Crippen LogP contribution >= 0.6 is 23.4 Å². The zero-order chi connectivity index (χ0) is 17.1. The van der Waals surface area contributed by atoms with Crippen molar-refractivity contribution < 1.29 is 9.72 Å². The van der Waals surface area contributed by atoms with Crippen LogP contribution in [0.15, 0.2) is 52.3 Å². The molecule has 0 aromatic heterocycles. The molecule has 0 bridgehead atoms. The predicted molar refractivity (Wildman–Crippen MR) is 93.8 cm³/mol. The van der Waals surface area contributed by atoms with Gasteiger partial charge < -0.3 is 4.90 Å². The van der Waals surface area contributed by atoms with E-state index in [4.69, 9.17) is 11.6 Å². The van der Waals surface area contributed by atoms with Crippen molar-refractivity contribution in [3.8, 4) is 0 Å². The summed E-state index contributed by atoms with van der Waals surface area (Å²) in [6.07, 6.45) is 2.02. The van der Waals surface area contributed by atoms with Crippen molar-refractivity contribution in [2.24, 2.45) is 0 Å². The first-order chi connectivity index (χ1) is 11.6. The molecule has 0 unspecified atom stereocenters. The molecular formula is C17H15ClN2O3S. The summed E-state index contributed by atoms with van der Waals surface area (Å²) >= 11 is 7.32. The molecule has 0 aliphatic carbocycles. The summed E-state index contributed by atoms with van der Waals surface area (Å²) in [6, 6.07) is 11.7. The van der Waals surface area contributed by atoms with Crippen LogP contribution in [0.2, 0.25) is 5.02 Å². The second kappa shape index (κ2) is 7.23. The molecule has 5 nitrogen and oxygen atoms in total.